The van der Waals surface area contributed by atoms with Gasteiger partial charge in [-0.2, -0.15) is 5.26 Å². The van der Waals surface area contributed by atoms with Gasteiger partial charge in [0.15, 0.2) is 0 Å². The molecule has 1 unspecified atom stereocenters. The van der Waals surface area contributed by atoms with E-state index in [0.717, 1.165) is 10.5 Å². The first-order valence-corrected chi connectivity index (χ1v) is 7.27. The van der Waals surface area contributed by atoms with Gasteiger partial charge in [-0.1, -0.05) is 30.3 Å². The van der Waals surface area contributed by atoms with Gasteiger partial charge in [-0.25, -0.2) is 4.39 Å². The van der Waals surface area contributed by atoms with Crippen LogP contribution in [0.15, 0.2) is 59.5 Å². The topological polar surface area (TPSA) is 49.8 Å². The molecule has 0 radical (unpaired) electrons. The normalized spacial score (nSPS) is 13.4. The van der Waals surface area contributed by atoms with Crippen molar-refractivity contribution < 1.29 is 4.39 Å². The lowest BCUT2D eigenvalue weighted by Gasteiger charge is -2.21. The summed E-state index contributed by atoms with van der Waals surface area (Å²) in [5.74, 6) is 0.453. The molecule has 0 heterocycles. The number of hydrogen-bond donors (Lipinski definition) is 1. The molecule has 102 valence electrons. The van der Waals surface area contributed by atoms with E-state index in [1.165, 1.54) is 12.1 Å². The fourth-order valence-corrected chi connectivity index (χ4v) is 2.85. The number of nitriles is 1. The minimum absolute atomic E-state index is 0.246. The van der Waals surface area contributed by atoms with Crippen molar-refractivity contribution in [1.82, 2.24) is 0 Å². The van der Waals surface area contributed by atoms with Gasteiger partial charge >= 0.3 is 0 Å². The summed E-state index contributed by atoms with van der Waals surface area (Å²) in [5, 5.41) is 9.34. The van der Waals surface area contributed by atoms with Crippen LogP contribution in [-0.2, 0) is 5.54 Å². The van der Waals surface area contributed by atoms with Crippen LogP contribution in [0.25, 0.3) is 0 Å². The van der Waals surface area contributed by atoms with Crippen molar-refractivity contribution in [3.63, 3.8) is 0 Å². The number of nitrogens with two attached hydrogens (primary N) is 1. The van der Waals surface area contributed by atoms with Crippen molar-refractivity contribution in [2.24, 2.45) is 5.73 Å². The minimum atomic E-state index is -0.978. The molecule has 2 aromatic carbocycles. The van der Waals surface area contributed by atoms with Crippen LogP contribution in [0.5, 0.6) is 0 Å². The monoisotopic (exact) mass is 286 g/mol. The van der Waals surface area contributed by atoms with E-state index in [1.807, 2.05) is 30.3 Å². The van der Waals surface area contributed by atoms with Crippen LogP contribution in [-0.4, -0.2) is 5.75 Å². The molecule has 4 heteroatoms. The molecule has 0 saturated heterocycles. The SMILES string of the molecule is N#CC(N)(CCSc1ccc(F)cc1)c1ccccc1. The molecule has 0 bridgehead atoms. The van der Waals surface area contributed by atoms with Crippen molar-refractivity contribution in [2.45, 2.75) is 16.9 Å². The van der Waals surface area contributed by atoms with Crippen LogP contribution in [0.3, 0.4) is 0 Å². The lowest BCUT2D eigenvalue weighted by atomic mass is 9.90. The van der Waals surface area contributed by atoms with Gasteiger partial charge in [0, 0.05) is 10.6 Å². The summed E-state index contributed by atoms with van der Waals surface area (Å²) in [7, 11) is 0. The Morgan fingerprint density at radius 1 is 1.10 bits per heavy atom. The zero-order chi connectivity index (χ0) is 14.4. The number of benzene rings is 2. The van der Waals surface area contributed by atoms with Crippen molar-refractivity contribution in [2.75, 3.05) is 5.75 Å². The van der Waals surface area contributed by atoms with Crippen LogP contribution < -0.4 is 5.73 Å². The molecule has 0 aliphatic carbocycles. The molecule has 0 aliphatic heterocycles. The molecule has 20 heavy (non-hydrogen) atoms. The lowest BCUT2D eigenvalue weighted by molar-refractivity contribution is 0.560. The predicted molar refractivity (Wildman–Crippen MR) is 79.7 cm³/mol. The van der Waals surface area contributed by atoms with Gasteiger partial charge in [0.25, 0.3) is 0 Å². The molecule has 0 aromatic heterocycles. The first-order chi connectivity index (χ1) is 9.64. The summed E-state index contributed by atoms with van der Waals surface area (Å²) in [4.78, 5) is 0.972. The second kappa shape index (κ2) is 6.56. The Labute approximate surface area is 122 Å². The number of halogens is 1. The minimum Gasteiger partial charge on any atom is -0.310 e. The van der Waals surface area contributed by atoms with Crippen LogP contribution in [0.1, 0.15) is 12.0 Å². The molecule has 0 fully saturated rings. The molecule has 2 rings (SSSR count). The summed E-state index contributed by atoms with van der Waals surface area (Å²) in [6, 6.07) is 17.9. The lowest BCUT2D eigenvalue weighted by Crippen LogP contribution is -2.35. The number of rotatable bonds is 5. The quantitative estimate of drug-likeness (QED) is 0.853. The average Bonchev–Trinajstić information content (AvgIpc) is 2.50. The third kappa shape index (κ3) is 3.60. The largest absolute Gasteiger partial charge is 0.310 e. The molecule has 2 aromatic rings. The second-order valence-electron chi connectivity index (χ2n) is 4.50. The Morgan fingerprint density at radius 3 is 2.35 bits per heavy atom. The van der Waals surface area contributed by atoms with E-state index >= 15 is 0 Å². The van der Waals surface area contributed by atoms with Crippen molar-refractivity contribution in [3.8, 4) is 6.07 Å². The van der Waals surface area contributed by atoms with Crippen LogP contribution in [0.4, 0.5) is 4.39 Å². The molecule has 0 spiro atoms. The number of hydrogen-bond acceptors (Lipinski definition) is 3. The van der Waals surface area contributed by atoms with Crippen molar-refractivity contribution in [3.05, 3.63) is 66.0 Å². The predicted octanol–water partition coefficient (Wildman–Crippen LogP) is 3.69. The zero-order valence-electron chi connectivity index (χ0n) is 10.9. The Bertz CT molecular complexity index is 592. The highest BCUT2D eigenvalue weighted by atomic mass is 32.2. The highest BCUT2D eigenvalue weighted by Gasteiger charge is 2.26. The van der Waals surface area contributed by atoms with Gasteiger partial charge in [-0.15, -0.1) is 11.8 Å². The summed E-state index contributed by atoms with van der Waals surface area (Å²) in [6.07, 6.45) is 0.537. The van der Waals surface area contributed by atoms with Gasteiger partial charge in [0.1, 0.15) is 11.4 Å². The van der Waals surface area contributed by atoms with E-state index < -0.39 is 5.54 Å². The van der Waals surface area contributed by atoms with E-state index in [2.05, 4.69) is 6.07 Å². The maximum Gasteiger partial charge on any atom is 0.130 e. The Kier molecular flexibility index (Phi) is 4.78. The summed E-state index contributed by atoms with van der Waals surface area (Å²) in [5.41, 5.74) is 6.02. The first kappa shape index (κ1) is 14.6. The van der Waals surface area contributed by atoms with E-state index in [1.54, 1.807) is 23.9 Å². The van der Waals surface area contributed by atoms with E-state index in [4.69, 9.17) is 5.73 Å². The van der Waals surface area contributed by atoms with Gasteiger partial charge < -0.3 is 5.73 Å². The van der Waals surface area contributed by atoms with Crippen LogP contribution in [0, 0.1) is 17.1 Å². The Hall–Kier alpha value is -1.83. The Morgan fingerprint density at radius 2 is 1.75 bits per heavy atom. The molecule has 0 amide bonds. The highest BCUT2D eigenvalue weighted by molar-refractivity contribution is 7.99. The second-order valence-corrected chi connectivity index (χ2v) is 5.67. The van der Waals surface area contributed by atoms with E-state index in [-0.39, 0.29) is 5.82 Å². The maximum atomic E-state index is 12.8. The summed E-state index contributed by atoms with van der Waals surface area (Å²) in [6.45, 7) is 0. The smallest absolute Gasteiger partial charge is 0.130 e. The van der Waals surface area contributed by atoms with Gasteiger partial charge in [-0.05, 0) is 36.2 Å². The standard InChI is InChI=1S/C16H15FN2S/c17-14-6-8-15(9-7-14)20-11-10-16(19,12-18)13-4-2-1-3-5-13/h1-9H,10-11,19H2. The number of nitrogens with zero attached hydrogens (tertiary/aromatic N) is 1. The van der Waals surface area contributed by atoms with Crippen LogP contribution in [0.2, 0.25) is 0 Å². The zero-order valence-corrected chi connectivity index (χ0v) is 11.7. The molecule has 0 saturated carbocycles. The summed E-state index contributed by atoms with van der Waals surface area (Å²) >= 11 is 1.57. The molecule has 2 N–H and O–H groups in total. The highest BCUT2D eigenvalue weighted by Crippen LogP contribution is 2.26. The fourth-order valence-electron chi connectivity index (χ4n) is 1.86. The van der Waals surface area contributed by atoms with E-state index in [0.29, 0.717) is 12.2 Å². The maximum absolute atomic E-state index is 12.8. The van der Waals surface area contributed by atoms with Crippen molar-refractivity contribution in [1.29, 1.82) is 5.26 Å². The Balaban J connectivity index is 1.98. The summed E-state index contributed by atoms with van der Waals surface area (Å²) < 4.78 is 12.8. The first-order valence-electron chi connectivity index (χ1n) is 6.28. The van der Waals surface area contributed by atoms with Gasteiger partial charge in [0.05, 0.1) is 6.07 Å². The molecule has 1 atom stereocenters. The van der Waals surface area contributed by atoms with E-state index in [9.17, 15) is 9.65 Å². The van der Waals surface area contributed by atoms with Gasteiger partial charge in [-0.3, -0.25) is 0 Å². The third-order valence-electron chi connectivity index (χ3n) is 3.07. The molecular weight excluding hydrogens is 271 g/mol. The average molecular weight is 286 g/mol. The fraction of sp³-hybridized carbons (Fsp3) is 0.188. The third-order valence-corrected chi connectivity index (χ3v) is 4.08. The van der Waals surface area contributed by atoms with Gasteiger partial charge in [0.2, 0.25) is 0 Å². The molecular formula is C16H15FN2S. The van der Waals surface area contributed by atoms with Crippen molar-refractivity contribution >= 4 is 11.8 Å². The number of thioether (sulfide) groups is 1. The van der Waals surface area contributed by atoms with Crippen LogP contribution >= 0.6 is 11.8 Å². The molecule has 0 aliphatic rings. The molecule has 2 nitrogen and oxygen atoms in total.